The van der Waals surface area contributed by atoms with Crippen molar-refractivity contribution in [2.75, 3.05) is 0 Å². The molecule has 2 rings (SSSR count). The number of rotatable bonds is 5. The molecule has 21 heavy (non-hydrogen) atoms. The molecule has 0 heterocycles. The molecule has 0 radical (unpaired) electrons. The van der Waals surface area contributed by atoms with E-state index < -0.39 is 0 Å². The van der Waals surface area contributed by atoms with E-state index in [-0.39, 0.29) is 11.9 Å². The summed E-state index contributed by atoms with van der Waals surface area (Å²) in [4.78, 5) is 0. The van der Waals surface area contributed by atoms with Crippen LogP contribution in [0.1, 0.15) is 49.4 Å². The van der Waals surface area contributed by atoms with Crippen molar-refractivity contribution in [2.24, 2.45) is 0 Å². The number of nitrogens with one attached hydrogen (secondary N) is 1. The van der Waals surface area contributed by atoms with Gasteiger partial charge in [-0.25, -0.2) is 4.39 Å². The van der Waals surface area contributed by atoms with Gasteiger partial charge in [-0.05, 0) is 47.7 Å². The lowest BCUT2D eigenvalue weighted by molar-refractivity contribution is 0.568. The van der Waals surface area contributed by atoms with Gasteiger partial charge in [0.15, 0.2) is 0 Å². The zero-order chi connectivity index (χ0) is 15.4. The Bertz CT molecular complexity index is 593. The average Bonchev–Trinajstić information content (AvgIpc) is 2.48. The molecule has 112 valence electrons. The average molecular weight is 350 g/mol. The van der Waals surface area contributed by atoms with Crippen molar-refractivity contribution >= 4 is 15.9 Å². The highest BCUT2D eigenvalue weighted by molar-refractivity contribution is 9.10. The van der Waals surface area contributed by atoms with Crippen molar-refractivity contribution < 1.29 is 4.39 Å². The third kappa shape index (κ3) is 4.39. The van der Waals surface area contributed by atoms with E-state index in [0.29, 0.717) is 12.5 Å². The Morgan fingerprint density at radius 2 is 1.62 bits per heavy atom. The molecular formula is C18H21BrFN. The smallest absolute Gasteiger partial charge is 0.123 e. The molecule has 2 aromatic carbocycles. The van der Waals surface area contributed by atoms with Gasteiger partial charge >= 0.3 is 0 Å². The van der Waals surface area contributed by atoms with Crippen LogP contribution in [0.25, 0.3) is 0 Å². The number of halogens is 2. The maximum atomic E-state index is 13.3. The second kappa shape index (κ2) is 7.19. The van der Waals surface area contributed by atoms with Gasteiger partial charge in [-0.3, -0.25) is 0 Å². The summed E-state index contributed by atoms with van der Waals surface area (Å²) in [5, 5.41) is 3.44. The Morgan fingerprint density at radius 3 is 2.24 bits per heavy atom. The molecule has 1 nitrogen and oxygen atoms in total. The van der Waals surface area contributed by atoms with Crippen LogP contribution in [-0.2, 0) is 6.54 Å². The van der Waals surface area contributed by atoms with E-state index >= 15 is 0 Å². The van der Waals surface area contributed by atoms with Crippen LogP contribution in [0.2, 0.25) is 0 Å². The summed E-state index contributed by atoms with van der Waals surface area (Å²) in [5.41, 5.74) is 3.52. The molecule has 0 saturated heterocycles. The number of hydrogen-bond donors (Lipinski definition) is 1. The summed E-state index contributed by atoms with van der Waals surface area (Å²) in [7, 11) is 0. The van der Waals surface area contributed by atoms with Crippen LogP contribution in [0, 0.1) is 5.82 Å². The van der Waals surface area contributed by atoms with E-state index in [4.69, 9.17) is 0 Å². The Balaban J connectivity index is 2.01. The fourth-order valence-corrected chi connectivity index (χ4v) is 2.62. The topological polar surface area (TPSA) is 12.0 Å². The second-order valence-corrected chi connectivity index (χ2v) is 6.51. The minimum absolute atomic E-state index is 0.205. The molecule has 0 fully saturated rings. The molecule has 2 aromatic rings. The maximum absolute atomic E-state index is 13.3. The van der Waals surface area contributed by atoms with E-state index in [1.165, 1.54) is 17.2 Å². The molecule has 0 aliphatic carbocycles. The van der Waals surface area contributed by atoms with Crippen molar-refractivity contribution in [3.8, 4) is 0 Å². The first-order valence-electron chi connectivity index (χ1n) is 7.24. The lowest BCUT2D eigenvalue weighted by atomic mass is 9.99. The fourth-order valence-electron chi connectivity index (χ4n) is 2.23. The third-order valence-electron chi connectivity index (χ3n) is 3.71. The molecule has 0 aromatic heterocycles. The van der Waals surface area contributed by atoms with E-state index in [2.05, 4.69) is 66.3 Å². The van der Waals surface area contributed by atoms with Gasteiger partial charge in [0.2, 0.25) is 0 Å². The van der Waals surface area contributed by atoms with Gasteiger partial charge in [-0.2, -0.15) is 0 Å². The molecule has 1 N–H and O–H groups in total. The Labute approximate surface area is 134 Å². The van der Waals surface area contributed by atoms with Crippen LogP contribution in [0.4, 0.5) is 4.39 Å². The summed E-state index contributed by atoms with van der Waals surface area (Å²) in [6, 6.07) is 13.7. The van der Waals surface area contributed by atoms with E-state index in [0.717, 1.165) is 10.0 Å². The van der Waals surface area contributed by atoms with Crippen molar-refractivity contribution in [1.29, 1.82) is 0 Å². The van der Waals surface area contributed by atoms with Crippen LogP contribution in [0.3, 0.4) is 0 Å². The highest BCUT2D eigenvalue weighted by atomic mass is 79.9. The zero-order valence-electron chi connectivity index (χ0n) is 12.7. The monoisotopic (exact) mass is 349 g/mol. The first-order valence-corrected chi connectivity index (χ1v) is 8.04. The minimum Gasteiger partial charge on any atom is -0.306 e. The van der Waals surface area contributed by atoms with Crippen molar-refractivity contribution in [3.63, 3.8) is 0 Å². The van der Waals surface area contributed by atoms with Gasteiger partial charge in [0.05, 0.1) is 0 Å². The molecule has 1 unspecified atom stereocenters. The van der Waals surface area contributed by atoms with Crippen LogP contribution < -0.4 is 5.32 Å². The zero-order valence-corrected chi connectivity index (χ0v) is 14.2. The maximum Gasteiger partial charge on any atom is 0.123 e. The summed E-state index contributed by atoms with van der Waals surface area (Å²) in [6.07, 6.45) is 0. The predicted octanol–water partition coefficient (Wildman–Crippen LogP) is 5.56. The SMILES string of the molecule is CC(C)c1ccc(C(C)NCc2cc(F)ccc2Br)cc1. The largest absolute Gasteiger partial charge is 0.306 e. The normalized spacial score (nSPS) is 12.7. The van der Waals surface area contributed by atoms with E-state index in [1.807, 2.05) is 0 Å². The van der Waals surface area contributed by atoms with Crippen molar-refractivity contribution in [3.05, 3.63) is 69.4 Å². The molecule has 0 aliphatic rings. The van der Waals surface area contributed by atoms with Crippen LogP contribution in [-0.4, -0.2) is 0 Å². The molecule has 0 bridgehead atoms. The van der Waals surface area contributed by atoms with Gasteiger partial charge in [0, 0.05) is 17.1 Å². The molecule has 1 atom stereocenters. The summed E-state index contributed by atoms with van der Waals surface area (Å²) in [6.45, 7) is 7.14. The first kappa shape index (κ1) is 16.2. The van der Waals surface area contributed by atoms with Gasteiger partial charge in [0.25, 0.3) is 0 Å². The van der Waals surface area contributed by atoms with Crippen LogP contribution in [0.15, 0.2) is 46.9 Å². The van der Waals surface area contributed by atoms with Gasteiger partial charge in [-0.1, -0.05) is 54.0 Å². The Morgan fingerprint density at radius 1 is 1.00 bits per heavy atom. The first-order chi connectivity index (χ1) is 9.97. The molecule has 0 saturated carbocycles. The Hall–Kier alpha value is -1.19. The molecule has 0 amide bonds. The van der Waals surface area contributed by atoms with Gasteiger partial charge < -0.3 is 5.32 Å². The third-order valence-corrected chi connectivity index (χ3v) is 4.48. The summed E-state index contributed by atoms with van der Waals surface area (Å²) in [5.74, 6) is 0.342. The van der Waals surface area contributed by atoms with Crippen molar-refractivity contribution in [2.45, 2.75) is 39.3 Å². The quantitative estimate of drug-likeness (QED) is 0.744. The van der Waals surface area contributed by atoms with Crippen LogP contribution in [0.5, 0.6) is 0 Å². The predicted molar refractivity (Wildman–Crippen MR) is 89.9 cm³/mol. The van der Waals surface area contributed by atoms with Crippen molar-refractivity contribution in [1.82, 2.24) is 5.32 Å². The molecule has 0 spiro atoms. The summed E-state index contributed by atoms with van der Waals surface area (Å²) < 4.78 is 14.2. The lowest BCUT2D eigenvalue weighted by Gasteiger charge is -2.16. The van der Waals surface area contributed by atoms with Gasteiger partial charge in [0.1, 0.15) is 5.82 Å². The standard InChI is InChI=1S/C18H21BrFN/c1-12(2)14-4-6-15(7-5-14)13(3)21-11-16-10-17(20)8-9-18(16)19/h4-10,12-13,21H,11H2,1-3H3. The molecule has 3 heteroatoms. The van der Waals surface area contributed by atoms with Gasteiger partial charge in [-0.15, -0.1) is 0 Å². The van der Waals surface area contributed by atoms with E-state index in [1.54, 1.807) is 12.1 Å². The second-order valence-electron chi connectivity index (χ2n) is 5.66. The fraction of sp³-hybridized carbons (Fsp3) is 0.333. The number of hydrogen-bond acceptors (Lipinski definition) is 1. The highest BCUT2D eigenvalue weighted by Gasteiger charge is 2.08. The lowest BCUT2D eigenvalue weighted by Crippen LogP contribution is -2.18. The highest BCUT2D eigenvalue weighted by Crippen LogP contribution is 2.21. The van der Waals surface area contributed by atoms with E-state index in [9.17, 15) is 4.39 Å². The molecule has 0 aliphatic heterocycles. The minimum atomic E-state index is -0.205. The number of benzene rings is 2. The molecular weight excluding hydrogens is 329 g/mol. The Kier molecular flexibility index (Phi) is 5.54. The summed E-state index contributed by atoms with van der Waals surface area (Å²) >= 11 is 3.46. The van der Waals surface area contributed by atoms with Crippen LogP contribution >= 0.6 is 15.9 Å².